The lowest BCUT2D eigenvalue weighted by Gasteiger charge is -2.26. The van der Waals surface area contributed by atoms with Gasteiger partial charge < -0.3 is 19.3 Å². The summed E-state index contributed by atoms with van der Waals surface area (Å²) in [6.45, 7) is 6.92. The van der Waals surface area contributed by atoms with Crippen LogP contribution in [0.3, 0.4) is 0 Å². The van der Waals surface area contributed by atoms with Crippen molar-refractivity contribution in [2.45, 2.75) is 25.4 Å². The van der Waals surface area contributed by atoms with Crippen LogP contribution in [-0.2, 0) is 14.9 Å². The Morgan fingerprint density at radius 3 is 2.17 bits per heavy atom. The number of ether oxygens (including phenoxy) is 3. The number of aromatic hydroxyl groups is 1. The van der Waals surface area contributed by atoms with E-state index < -0.39 is 0 Å². The van der Waals surface area contributed by atoms with Crippen molar-refractivity contribution in [2.75, 3.05) is 26.4 Å². The normalized spacial score (nSPS) is 16.8. The lowest BCUT2D eigenvalue weighted by atomic mass is 9.78. The van der Waals surface area contributed by atoms with Crippen molar-refractivity contribution in [3.8, 4) is 11.5 Å². The van der Waals surface area contributed by atoms with E-state index in [1.807, 2.05) is 24.3 Å². The number of benzene rings is 2. The van der Waals surface area contributed by atoms with Crippen molar-refractivity contribution in [1.29, 1.82) is 0 Å². The molecule has 2 aromatic rings. The van der Waals surface area contributed by atoms with Gasteiger partial charge in [0.1, 0.15) is 24.2 Å². The average Bonchev–Trinajstić information content (AvgIpc) is 3.40. The molecule has 1 N–H and O–H groups in total. The summed E-state index contributed by atoms with van der Waals surface area (Å²) < 4.78 is 16.2. The van der Waals surface area contributed by atoms with Crippen molar-refractivity contribution in [3.63, 3.8) is 0 Å². The summed E-state index contributed by atoms with van der Waals surface area (Å²) in [5.41, 5.74) is 2.21. The predicted molar refractivity (Wildman–Crippen MR) is 92.7 cm³/mol. The predicted octanol–water partition coefficient (Wildman–Crippen LogP) is 3.51. The molecule has 1 atom stereocenters. The molecule has 24 heavy (non-hydrogen) atoms. The van der Waals surface area contributed by atoms with Crippen molar-refractivity contribution in [1.82, 2.24) is 0 Å². The second kappa shape index (κ2) is 7.24. The van der Waals surface area contributed by atoms with Gasteiger partial charge in [-0.15, -0.1) is 0 Å². The second-order valence-corrected chi connectivity index (χ2v) is 6.57. The summed E-state index contributed by atoms with van der Waals surface area (Å²) in [6.07, 6.45) is 0.298. The molecule has 1 aliphatic heterocycles. The van der Waals surface area contributed by atoms with Gasteiger partial charge in [0, 0.05) is 5.41 Å². The van der Waals surface area contributed by atoms with E-state index in [-0.39, 0.29) is 11.2 Å². The monoisotopic (exact) mass is 328 g/mol. The Kier molecular flexibility index (Phi) is 5.07. The zero-order valence-corrected chi connectivity index (χ0v) is 14.2. The molecule has 1 fully saturated rings. The Labute approximate surface area is 143 Å². The molecule has 1 aliphatic rings. The minimum absolute atomic E-state index is 0.139. The van der Waals surface area contributed by atoms with E-state index in [1.54, 1.807) is 12.1 Å². The van der Waals surface area contributed by atoms with Crippen LogP contribution in [0.2, 0.25) is 0 Å². The van der Waals surface area contributed by atoms with Gasteiger partial charge in [0.2, 0.25) is 0 Å². The van der Waals surface area contributed by atoms with Gasteiger partial charge in [0.05, 0.1) is 19.8 Å². The molecule has 2 aromatic carbocycles. The van der Waals surface area contributed by atoms with Crippen LogP contribution in [-0.4, -0.2) is 37.6 Å². The van der Waals surface area contributed by atoms with Gasteiger partial charge in [0.25, 0.3) is 0 Å². The molecular formula is C20H24O4. The highest BCUT2D eigenvalue weighted by atomic mass is 16.6. The minimum Gasteiger partial charge on any atom is -0.508 e. The first-order chi connectivity index (χ1) is 11.6. The fourth-order valence-electron chi connectivity index (χ4n) is 2.61. The maximum atomic E-state index is 9.45. The molecular weight excluding hydrogens is 304 g/mol. The molecule has 4 heteroatoms. The molecule has 0 amide bonds. The molecule has 0 aliphatic carbocycles. The summed E-state index contributed by atoms with van der Waals surface area (Å²) >= 11 is 0. The molecule has 1 unspecified atom stereocenters. The summed E-state index contributed by atoms with van der Waals surface area (Å²) in [5, 5.41) is 9.45. The van der Waals surface area contributed by atoms with Crippen LogP contribution in [0.15, 0.2) is 48.5 Å². The quantitative estimate of drug-likeness (QED) is 0.595. The molecule has 128 valence electrons. The Balaban J connectivity index is 1.55. The number of epoxide rings is 1. The lowest BCUT2D eigenvalue weighted by Crippen LogP contribution is -2.18. The van der Waals surface area contributed by atoms with Gasteiger partial charge in [-0.25, -0.2) is 0 Å². The van der Waals surface area contributed by atoms with Crippen LogP contribution in [0.5, 0.6) is 11.5 Å². The molecule has 0 spiro atoms. The number of phenols is 1. The Morgan fingerprint density at radius 2 is 1.58 bits per heavy atom. The second-order valence-electron chi connectivity index (χ2n) is 6.57. The van der Waals surface area contributed by atoms with E-state index in [0.29, 0.717) is 25.9 Å². The highest BCUT2D eigenvalue weighted by Crippen LogP contribution is 2.33. The molecule has 0 radical (unpaired) electrons. The fraction of sp³-hybridized carbons (Fsp3) is 0.400. The number of hydrogen-bond acceptors (Lipinski definition) is 4. The third kappa shape index (κ3) is 4.28. The van der Waals surface area contributed by atoms with Crippen LogP contribution < -0.4 is 4.74 Å². The van der Waals surface area contributed by atoms with Crippen LogP contribution in [0.25, 0.3) is 0 Å². The summed E-state index contributed by atoms with van der Waals surface area (Å²) in [7, 11) is 0. The van der Waals surface area contributed by atoms with Crippen LogP contribution in [0.1, 0.15) is 25.0 Å². The smallest absolute Gasteiger partial charge is 0.119 e. The largest absolute Gasteiger partial charge is 0.508 e. The van der Waals surface area contributed by atoms with E-state index in [4.69, 9.17) is 14.2 Å². The topological polar surface area (TPSA) is 51.2 Å². The van der Waals surface area contributed by atoms with Gasteiger partial charge in [-0.2, -0.15) is 0 Å². The van der Waals surface area contributed by atoms with Crippen molar-refractivity contribution < 1.29 is 19.3 Å². The zero-order valence-electron chi connectivity index (χ0n) is 14.2. The standard InChI is InChI=1S/C20H24O4/c1-20(2,15-3-7-17(21)8-4-15)16-5-9-18(10-6-16)23-12-11-22-13-19-14-24-19/h3-10,19,21H,11-14H2,1-2H3. The van der Waals surface area contributed by atoms with E-state index in [9.17, 15) is 5.11 Å². The van der Waals surface area contributed by atoms with Crippen molar-refractivity contribution >= 4 is 0 Å². The third-order valence-electron chi connectivity index (χ3n) is 4.37. The van der Waals surface area contributed by atoms with Gasteiger partial charge in [-0.1, -0.05) is 38.1 Å². The van der Waals surface area contributed by atoms with Crippen molar-refractivity contribution in [3.05, 3.63) is 59.7 Å². The molecule has 1 saturated heterocycles. The van der Waals surface area contributed by atoms with E-state index in [0.717, 1.165) is 17.9 Å². The molecule has 3 rings (SSSR count). The first-order valence-electron chi connectivity index (χ1n) is 8.28. The summed E-state index contributed by atoms with van der Waals surface area (Å²) in [5.74, 6) is 1.13. The summed E-state index contributed by atoms with van der Waals surface area (Å²) in [6, 6.07) is 15.5. The Hall–Kier alpha value is -2.04. The average molecular weight is 328 g/mol. The minimum atomic E-state index is -0.139. The highest BCUT2D eigenvalue weighted by Gasteiger charge is 2.23. The molecule has 1 heterocycles. The molecule has 4 nitrogen and oxygen atoms in total. The first-order valence-corrected chi connectivity index (χ1v) is 8.28. The molecule has 0 aromatic heterocycles. The maximum absolute atomic E-state index is 9.45. The Bertz CT molecular complexity index is 642. The van der Waals surface area contributed by atoms with Gasteiger partial charge in [-0.3, -0.25) is 0 Å². The van der Waals surface area contributed by atoms with Gasteiger partial charge in [0.15, 0.2) is 0 Å². The zero-order chi connectivity index (χ0) is 17.0. The fourth-order valence-corrected chi connectivity index (χ4v) is 2.61. The van der Waals surface area contributed by atoms with Crippen molar-refractivity contribution in [2.24, 2.45) is 0 Å². The van der Waals surface area contributed by atoms with E-state index in [1.165, 1.54) is 5.56 Å². The lowest BCUT2D eigenvalue weighted by molar-refractivity contribution is 0.0878. The van der Waals surface area contributed by atoms with E-state index in [2.05, 4.69) is 26.0 Å². The molecule has 0 bridgehead atoms. The SMILES string of the molecule is CC(C)(c1ccc(O)cc1)c1ccc(OCCOCC2CO2)cc1. The van der Waals surface area contributed by atoms with Gasteiger partial charge >= 0.3 is 0 Å². The number of rotatable bonds is 8. The van der Waals surface area contributed by atoms with Crippen LogP contribution in [0.4, 0.5) is 0 Å². The molecule has 0 saturated carbocycles. The number of phenolic OH excluding ortho intramolecular Hbond substituents is 1. The van der Waals surface area contributed by atoms with Gasteiger partial charge in [-0.05, 0) is 35.4 Å². The maximum Gasteiger partial charge on any atom is 0.119 e. The summed E-state index contributed by atoms with van der Waals surface area (Å²) in [4.78, 5) is 0. The first kappa shape index (κ1) is 16.8. The Morgan fingerprint density at radius 1 is 1.00 bits per heavy atom. The van der Waals surface area contributed by atoms with Crippen LogP contribution >= 0.6 is 0 Å². The highest BCUT2D eigenvalue weighted by molar-refractivity contribution is 5.41. The third-order valence-corrected chi connectivity index (χ3v) is 4.37. The number of hydrogen-bond donors (Lipinski definition) is 1. The van der Waals surface area contributed by atoms with E-state index >= 15 is 0 Å². The van der Waals surface area contributed by atoms with Crippen LogP contribution in [0, 0.1) is 0 Å².